The second-order valence-corrected chi connectivity index (χ2v) is 8.67. The van der Waals surface area contributed by atoms with Crippen molar-refractivity contribution in [2.24, 2.45) is 17.3 Å². The van der Waals surface area contributed by atoms with E-state index in [9.17, 15) is 4.79 Å². The first-order chi connectivity index (χ1) is 11.7. The molecule has 4 bridgehead atoms. The maximum absolute atomic E-state index is 13.2. The van der Waals surface area contributed by atoms with Gasteiger partial charge in [-0.1, -0.05) is 42.5 Å². The molecule has 2 unspecified atom stereocenters. The molecule has 0 aromatic heterocycles. The summed E-state index contributed by atoms with van der Waals surface area (Å²) in [7, 11) is 0. The number of benzene rings is 1. The summed E-state index contributed by atoms with van der Waals surface area (Å²) in [5.41, 5.74) is 2.65. The van der Waals surface area contributed by atoms with Gasteiger partial charge in [-0.3, -0.25) is 4.79 Å². The minimum atomic E-state index is -0.136. The Bertz CT molecular complexity index is 716. The van der Waals surface area contributed by atoms with Crippen LogP contribution in [0.25, 0.3) is 0 Å². The van der Waals surface area contributed by atoms with Crippen molar-refractivity contribution in [2.45, 2.75) is 50.4 Å². The van der Waals surface area contributed by atoms with E-state index >= 15 is 0 Å². The summed E-state index contributed by atoms with van der Waals surface area (Å²) in [5, 5.41) is 3.26. The summed E-state index contributed by atoms with van der Waals surface area (Å²) in [5.74, 6) is 1.76. The summed E-state index contributed by atoms with van der Waals surface area (Å²) >= 11 is 0. The molecule has 1 N–H and O–H groups in total. The molecule has 2 atom stereocenters. The van der Waals surface area contributed by atoms with E-state index in [2.05, 4.69) is 41.7 Å². The predicted molar refractivity (Wildman–Crippen MR) is 95.2 cm³/mol. The van der Waals surface area contributed by atoms with Gasteiger partial charge in [0.15, 0.2) is 0 Å². The zero-order valence-corrected chi connectivity index (χ0v) is 14.1. The third-order valence-corrected chi connectivity index (χ3v) is 6.97. The van der Waals surface area contributed by atoms with Crippen molar-refractivity contribution in [1.29, 1.82) is 0 Å². The quantitative estimate of drug-likeness (QED) is 0.874. The van der Waals surface area contributed by atoms with Crippen LogP contribution in [0, 0.1) is 17.3 Å². The van der Waals surface area contributed by atoms with Crippen LogP contribution in [0.2, 0.25) is 0 Å². The van der Waals surface area contributed by atoms with E-state index in [0.717, 1.165) is 43.2 Å². The Hall–Kier alpha value is -1.83. The molecule has 0 heterocycles. The van der Waals surface area contributed by atoms with E-state index in [1.807, 2.05) is 12.2 Å². The van der Waals surface area contributed by atoms with Gasteiger partial charge >= 0.3 is 0 Å². The minimum absolute atomic E-state index is 0.136. The van der Waals surface area contributed by atoms with E-state index in [1.54, 1.807) is 0 Å². The van der Waals surface area contributed by atoms with Gasteiger partial charge in [-0.2, -0.15) is 0 Å². The van der Waals surface area contributed by atoms with Crippen molar-refractivity contribution in [1.82, 2.24) is 5.32 Å². The average molecular weight is 319 g/mol. The molecule has 5 aliphatic carbocycles. The Morgan fingerprint density at radius 2 is 1.79 bits per heavy atom. The molecule has 4 saturated carbocycles. The summed E-state index contributed by atoms with van der Waals surface area (Å²) in [6.45, 7) is 0. The van der Waals surface area contributed by atoms with Gasteiger partial charge in [0, 0.05) is 12.1 Å². The lowest BCUT2D eigenvalue weighted by Crippen LogP contribution is -2.58. The van der Waals surface area contributed by atoms with Gasteiger partial charge in [0.05, 0.1) is 5.41 Å². The molecule has 1 amide bonds. The van der Waals surface area contributed by atoms with Crippen LogP contribution in [0.1, 0.15) is 50.5 Å². The first-order valence-corrected chi connectivity index (χ1v) is 9.40. The fourth-order valence-electron chi connectivity index (χ4n) is 6.48. The molecular formula is C22H25NO. The topological polar surface area (TPSA) is 29.1 Å². The van der Waals surface area contributed by atoms with E-state index in [4.69, 9.17) is 0 Å². The van der Waals surface area contributed by atoms with Gasteiger partial charge in [0.1, 0.15) is 0 Å². The highest BCUT2D eigenvalue weighted by Crippen LogP contribution is 2.65. The highest BCUT2D eigenvalue weighted by molar-refractivity contribution is 5.85. The monoisotopic (exact) mass is 319 g/mol. The second-order valence-electron chi connectivity index (χ2n) is 8.67. The van der Waals surface area contributed by atoms with Crippen LogP contribution in [0.4, 0.5) is 0 Å². The van der Waals surface area contributed by atoms with Crippen LogP contribution in [0.15, 0.2) is 54.3 Å². The molecular weight excluding hydrogens is 294 g/mol. The highest BCUT2D eigenvalue weighted by Gasteiger charge is 2.60. The van der Waals surface area contributed by atoms with Crippen LogP contribution < -0.4 is 5.32 Å². The van der Waals surface area contributed by atoms with Crippen LogP contribution in [-0.2, 0) is 10.2 Å². The van der Waals surface area contributed by atoms with Crippen molar-refractivity contribution in [3.05, 3.63) is 59.8 Å². The summed E-state index contributed by atoms with van der Waals surface area (Å²) in [4.78, 5) is 13.2. The largest absolute Gasteiger partial charge is 0.329 e. The number of carbonyl (C=O) groups excluding carboxylic acids is 1. The molecule has 1 aromatic carbocycles. The SMILES string of the molecule is O=C(NC1=CC=CC1)C12CC3CC(C1)CC(c1ccccc1)(C3)C2. The number of nitrogens with one attached hydrogen (secondary N) is 1. The van der Waals surface area contributed by atoms with E-state index in [0.29, 0.717) is 5.91 Å². The fraction of sp³-hybridized carbons (Fsp3) is 0.500. The molecule has 0 radical (unpaired) electrons. The first kappa shape index (κ1) is 14.5. The Labute approximate surface area is 144 Å². The average Bonchev–Trinajstić information content (AvgIpc) is 3.07. The maximum Gasteiger partial charge on any atom is 0.230 e. The Balaban J connectivity index is 1.48. The number of rotatable bonds is 3. The van der Waals surface area contributed by atoms with Gasteiger partial charge in [-0.25, -0.2) is 0 Å². The van der Waals surface area contributed by atoms with Gasteiger partial charge in [-0.05, 0) is 67.4 Å². The normalized spacial score (nSPS) is 39.1. The fourth-order valence-corrected chi connectivity index (χ4v) is 6.48. The van der Waals surface area contributed by atoms with E-state index in [-0.39, 0.29) is 10.8 Å². The minimum Gasteiger partial charge on any atom is -0.329 e. The predicted octanol–water partition coefficient (Wildman–Crippen LogP) is 4.48. The molecule has 1 aromatic rings. The molecule has 0 spiro atoms. The van der Waals surface area contributed by atoms with Crippen molar-refractivity contribution in [3.63, 3.8) is 0 Å². The van der Waals surface area contributed by atoms with Crippen LogP contribution >= 0.6 is 0 Å². The molecule has 4 fully saturated rings. The van der Waals surface area contributed by atoms with Gasteiger partial charge < -0.3 is 5.32 Å². The lowest BCUT2D eigenvalue weighted by molar-refractivity contribution is -0.148. The lowest BCUT2D eigenvalue weighted by atomic mass is 9.42. The molecule has 6 rings (SSSR count). The molecule has 0 saturated heterocycles. The Morgan fingerprint density at radius 1 is 1.04 bits per heavy atom. The molecule has 24 heavy (non-hydrogen) atoms. The lowest BCUT2D eigenvalue weighted by Gasteiger charge is -2.61. The zero-order chi connectivity index (χ0) is 16.2. The number of carbonyl (C=O) groups is 1. The van der Waals surface area contributed by atoms with E-state index in [1.165, 1.54) is 24.8 Å². The van der Waals surface area contributed by atoms with Crippen molar-refractivity contribution in [2.75, 3.05) is 0 Å². The van der Waals surface area contributed by atoms with Crippen LogP contribution in [0.3, 0.4) is 0 Å². The molecule has 124 valence electrons. The first-order valence-electron chi connectivity index (χ1n) is 9.40. The second kappa shape index (κ2) is 5.08. The van der Waals surface area contributed by atoms with E-state index < -0.39 is 0 Å². The Morgan fingerprint density at radius 3 is 2.46 bits per heavy atom. The number of amides is 1. The third-order valence-electron chi connectivity index (χ3n) is 6.97. The zero-order valence-electron chi connectivity index (χ0n) is 14.1. The standard InChI is InChI=1S/C22H25NO/c24-20(23-19-8-4-5-9-19)22-13-16-10-17(14-22)12-21(11-16,15-22)18-6-2-1-3-7-18/h1-8,16-17H,9-15H2,(H,23,24). The number of hydrogen-bond donors (Lipinski definition) is 1. The highest BCUT2D eigenvalue weighted by atomic mass is 16.2. The summed E-state index contributed by atoms with van der Waals surface area (Å²) in [6, 6.07) is 11.0. The summed E-state index contributed by atoms with van der Waals surface area (Å²) in [6.07, 6.45) is 14.2. The van der Waals surface area contributed by atoms with Crippen LogP contribution in [-0.4, -0.2) is 5.91 Å². The molecule has 2 heteroatoms. The number of allylic oxidation sites excluding steroid dienone is 3. The van der Waals surface area contributed by atoms with Crippen molar-refractivity contribution >= 4 is 5.91 Å². The molecule has 0 aliphatic heterocycles. The van der Waals surface area contributed by atoms with Crippen molar-refractivity contribution in [3.8, 4) is 0 Å². The van der Waals surface area contributed by atoms with Gasteiger partial charge in [0.25, 0.3) is 0 Å². The van der Waals surface area contributed by atoms with Crippen molar-refractivity contribution < 1.29 is 4.79 Å². The third kappa shape index (κ3) is 2.12. The summed E-state index contributed by atoms with van der Waals surface area (Å²) < 4.78 is 0. The van der Waals surface area contributed by atoms with Gasteiger partial charge in [-0.15, -0.1) is 0 Å². The number of hydrogen-bond acceptors (Lipinski definition) is 1. The van der Waals surface area contributed by atoms with Gasteiger partial charge in [0.2, 0.25) is 5.91 Å². The van der Waals surface area contributed by atoms with Crippen LogP contribution in [0.5, 0.6) is 0 Å². The molecule has 5 aliphatic rings. The molecule has 2 nitrogen and oxygen atoms in total. The Kier molecular flexibility index (Phi) is 3.07. The maximum atomic E-state index is 13.2. The smallest absolute Gasteiger partial charge is 0.230 e.